The molecule has 0 fully saturated rings. The molecule has 0 unspecified atom stereocenters. The van der Waals surface area contributed by atoms with Crippen molar-refractivity contribution in [2.75, 3.05) is 11.1 Å². The Morgan fingerprint density at radius 2 is 1.72 bits per heavy atom. The van der Waals surface area contributed by atoms with Crippen LogP contribution in [0.25, 0.3) is 11.8 Å². The summed E-state index contributed by atoms with van der Waals surface area (Å²) in [6.07, 6.45) is 4.40. The summed E-state index contributed by atoms with van der Waals surface area (Å²) in [6.45, 7) is 0. The zero-order valence-electron chi connectivity index (χ0n) is 10.2. The number of nitrogen functional groups attached to an aromatic ring is 1. The van der Waals surface area contributed by atoms with E-state index in [1.54, 1.807) is 0 Å². The smallest absolute Gasteiger partial charge is 0.0615 e. The molecule has 1 aliphatic rings. The highest BCUT2D eigenvalue weighted by Crippen LogP contribution is 2.20. The summed E-state index contributed by atoms with van der Waals surface area (Å²) in [5, 5.41) is 6.07. The Kier molecular flexibility index (Phi) is 2.77. The Hall–Kier alpha value is -2.22. The number of hydrogen-bond donors (Lipinski definition) is 2. The molecule has 0 saturated carbocycles. The third-order valence-electron chi connectivity index (χ3n) is 3.29. The van der Waals surface area contributed by atoms with Crippen molar-refractivity contribution in [1.29, 1.82) is 0 Å². The molecule has 0 amide bonds. The summed E-state index contributed by atoms with van der Waals surface area (Å²) in [4.78, 5) is 0. The van der Waals surface area contributed by atoms with Gasteiger partial charge in [0, 0.05) is 10.9 Å². The first-order chi connectivity index (χ1) is 8.84. The highest BCUT2D eigenvalue weighted by Gasteiger charge is 2.05. The van der Waals surface area contributed by atoms with Crippen LogP contribution in [0.4, 0.5) is 11.4 Å². The molecule has 0 heterocycles. The van der Waals surface area contributed by atoms with Gasteiger partial charge in [-0.3, -0.25) is 0 Å². The van der Waals surface area contributed by atoms with Gasteiger partial charge in [0.05, 0.1) is 11.4 Å². The van der Waals surface area contributed by atoms with Gasteiger partial charge in [0.25, 0.3) is 0 Å². The molecule has 0 saturated heterocycles. The predicted octanol–water partition coefficient (Wildman–Crippen LogP) is 2.06. The van der Waals surface area contributed by atoms with Gasteiger partial charge in [-0.15, -0.1) is 0 Å². The lowest BCUT2D eigenvalue weighted by Gasteiger charge is -2.15. The van der Waals surface area contributed by atoms with Gasteiger partial charge < -0.3 is 11.1 Å². The third-order valence-corrected chi connectivity index (χ3v) is 3.29. The largest absolute Gasteiger partial charge is 0.397 e. The molecule has 2 aromatic carbocycles. The van der Waals surface area contributed by atoms with Crippen LogP contribution in [0.1, 0.15) is 12.8 Å². The van der Waals surface area contributed by atoms with E-state index in [0.717, 1.165) is 24.2 Å². The van der Waals surface area contributed by atoms with Crippen molar-refractivity contribution in [2.24, 2.45) is 0 Å². The summed E-state index contributed by atoms with van der Waals surface area (Å²) in [5.41, 5.74) is 9.01. The van der Waals surface area contributed by atoms with Crippen molar-refractivity contribution in [2.45, 2.75) is 12.8 Å². The topological polar surface area (TPSA) is 38.0 Å². The molecule has 0 atom stereocenters. The van der Waals surface area contributed by atoms with Gasteiger partial charge >= 0.3 is 0 Å². The van der Waals surface area contributed by atoms with Crippen LogP contribution in [0, 0.1) is 0 Å². The number of nitrogens with one attached hydrogen (secondary N) is 1. The standard InChI is InChI=1S/C16H16N2/c17-14-9-3-4-10-16(14)18-15-11-5-7-12-6-1-2-8-13(12)15/h1-4,6-10,18H,5,11,17H2. The SMILES string of the molecule is Nc1ccccc1NC1=c2ccccc2=CCC1. The zero-order valence-corrected chi connectivity index (χ0v) is 10.2. The molecule has 18 heavy (non-hydrogen) atoms. The van der Waals surface area contributed by atoms with Crippen molar-refractivity contribution in [3.05, 3.63) is 59.0 Å². The van der Waals surface area contributed by atoms with Crippen LogP contribution in [0.2, 0.25) is 0 Å². The van der Waals surface area contributed by atoms with E-state index in [-0.39, 0.29) is 0 Å². The first-order valence-corrected chi connectivity index (χ1v) is 6.24. The van der Waals surface area contributed by atoms with Gasteiger partial charge in [-0.1, -0.05) is 42.5 Å². The lowest BCUT2D eigenvalue weighted by molar-refractivity contribution is 1.07. The third kappa shape index (κ3) is 1.97. The van der Waals surface area contributed by atoms with Gasteiger partial charge in [0.1, 0.15) is 0 Å². The maximum absolute atomic E-state index is 5.97. The van der Waals surface area contributed by atoms with Crippen LogP contribution < -0.4 is 21.5 Å². The predicted molar refractivity (Wildman–Crippen MR) is 77.3 cm³/mol. The molecule has 90 valence electrons. The minimum absolute atomic E-state index is 0.789. The molecule has 3 N–H and O–H groups in total. The molecule has 1 aliphatic carbocycles. The van der Waals surface area contributed by atoms with Crippen LogP contribution in [-0.4, -0.2) is 0 Å². The summed E-state index contributed by atoms with van der Waals surface area (Å²) < 4.78 is 0. The second-order valence-corrected chi connectivity index (χ2v) is 4.52. The van der Waals surface area contributed by atoms with Crippen LogP contribution in [0.15, 0.2) is 48.5 Å². The Labute approximate surface area is 106 Å². The molecular weight excluding hydrogens is 220 g/mol. The Morgan fingerprint density at radius 3 is 2.61 bits per heavy atom. The van der Waals surface area contributed by atoms with Gasteiger partial charge in [0.2, 0.25) is 0 Å². The number of para-hydroxylation sites is 2. The summed E-state index contributed by atoms with van der Waals surface area (Å²) >= 11 is 0. The van der Waals surface area contributed by atoms with Crippen LogP contribution in [-0.2, 0) is 0 Å². The number of rotatable bonds is 2. The molecule has 0 aliphatic heterocycles. The van der Waals surface area contributed by atoms with E-state index in [1.807, 2.05) is 24.3 Å². The van der Waals surface area contributed by atoms with Crippen molar-refractivity contribution < 1.29 is 0 Å². The fourth-order valence-corrected chi connectivity index (χ4v) is 2.36. The van der Waals surface area contributed by atoms with E-state index >= 15 is 0 Å². The van der Waals surface area contributed by atoms with Gasteiger partial charge in [0.15, 0.2) is 0 Å². The lowest BCUT2D eigenvalue weighted by Crippen LogP contribution is -2.31. The van der Waals surface area contributed by atoms with Gasteiger partial charge in [-0.05, 0) is 30.2 Å². The number of benzene rings is 2. The quantitative estimate of drug-likeness (QED) is 0.783. The van der Waals surface area contributed by atoms with E-state index in [9.17, 15) is 0 Å². The Morgan fingerprint density at radius 1 is 0.944 bits per heavy atom. The van der Waals surface area contributed by atoms with Gasteiger partial charge in [-0.25, -0.2) is 0 Å². The molecule has 0 spiro atoms. The van der Waals surface area contributed by atoms with Crippen LogP contribution >= 0.6 is 0 Å². The van der Waals surface area contributed by atoms with E-state index < -0.39 is 0 Å². The minimum atomic E-state index is 0.789. The lowest BCUT2D eigenvalue weighted by atomic mass is 10.0. The highest BCUT2D eigenvalue weighted by atomic mass is 14.9. The second kappa shape index (κ2) is 4.57. The number of hydrogen-bond acceptors (Lipinski definition) is 2. The maximum Gasteiger partial charge on any atom is 0.0615 e. The number of anilines is 2. The highest BCUT2D eigenvalue weighted by molar-refractivity contribution is 5.75. The van der Waals surface area contributed by atoms with E-state index in [1.165, 1.54) is 16.1 Å². The molecule has 2 nitrogen and oxygen atoms in total. The maximum atomic E-state index is 5.97. The summed E-state index contributed by atoms with van der Waals surface area (Å²) in [7, 11) is 0. The van der Waals surface area contributed by atoms with Gasteiger partial charge in [-0.2, -0.15) is 0 Å². The zero-order chi connectivity index (χ0) is 12.4. The second-order valence-electron chi connectivity index (χ2n) is 4.52. The average molecular weight is 236 g/mol. The molecule has 3 rings (SSSR count). The van der Waals surface area contributed by atoms with E-state index in [2.05, 4.69) is 35.7 Å². The van der Waals surface area contributed by atoms with Crippen LogP contribution in [0.3, 0.4) is 0 Å². The molecule has 2 aromatic rings. The minimum Gasteiger partial charge on any atom is -0.397 e. The molecule has 0 bridgehead atoms. The molecular formula is C16H16N2. The molecule has 2 heteroatoms. The fraction of sp³-hybridized carbons (Fsp3) is 0.125. The fourth-order valence-electron chi connectivity index (χ4n) is 2.36. The number of nitrogens with two attached hydrogens (primary N) is 1. The summed E-state index contributed by atoms with van der Waals surface area (Å²) in [5.74, 6) is 0. The molecule has 0 aromatic heterocycles. The Balaban J connectivity index is 2.09. The summed E-state index contributed by atoms with van der Waals surface area (Å²) in [6, 6.07) is 16.4. The number of fused-ring (bicyclic) bond motifs is 1. The first-order valence-electron chi connectivity index (χ1n) is 6.24. The van der Waals surface area contributed by atoms with Crippen molar-refractivity contribution in [3.63, 3.8) is 0 Å². The Bertz CT molecular complexity index is 686. The monoisotopic (exact) mass is 236 g/mol. The van der Waals surface area contributed by atoms with Crippen molar-refractivity contribution in [3.8, 4) is 0 Å². The first kappa shape index (κ1) is 10.9. The molecule has 0 radical (unpaired) electrons. The van der Waals surface area contributed by atoms with Crippen molar-refractivity contribution in [1.82, 2.24) is 0 Å². The van der Waals surface area contributed by atoms with E-state index in [4.69, 9.17) is 5.73 Å². The average Bonchev–Trinajstić information content (AvgIpc) is 2.42. The normalized spacial score (nSPS) is 13.7. The van der Waals surface area contributed by atoms with Crippen molar-refractivity contribution >= 4 is 23.1 Å². The van der Waals surface area contributed by atoms with Crippen LogP contribution in [0.5, 0.6) is 0 Å². The van der Waals surface area contributed by atoms with E-state index in [0.29, 0.717) is 0 Å².